The number of nitro groups is 1. The first-order valence-electron chi connectivity index (χ1n) is 9.35. The lowest BCUT2D eigenvalue weighted by molar-refractivity contribution is -0.386. The van der Waals surface area contributed by atoms with E-state index in [0.717, 1.165) is 22.5 Å². The Hall–Kier alpha value is -3.32. The number of rotatable bonds is 11. The molecule has 0 bridgehead atoms. The molecule has 2 aromatic carbocycles. The number of anilines is 1. The highest BCUT2D eigenvalue weighted by molar-refractivity contribution is 7.89. The topological polar surface area (TPSA) is 128 Å². The quantitative estimate of drug-likeness (QED) is 0.392. The molecule has 0 fully saturated rings. The van der Waals surface area contributed by atoms with Crippen LogP contribution in [0.15, 0.2) is 47.4 Å². The van der Waals surface area contributed by atoms with E-state index in [2.05, 4.69) is 10.1 Å². The molecule has 10 nitrogen and oxygen atoms in total. The van der Waals surface area contributed by atoms with Crippen LogP contribution in [0.3, 0.4) is 0 Å². The third-order valence-corrected chi connectivity index (χ3v) is 6.25. The summed E-state index contributed by atoms with van der Waals surface area (Å²) in [6.07, 6.45) is 0. The van der Waals surface area contributed by atoms with E-state index in [1.807, 2.05) is 0 Å². The lowest BCUT2D eigenvalue weighted by Gasteiger charge is -2.18. The highest BCUT2D eigenvalue weighted by Gasteiger charge is 2.26. The highest BCUT2D eigenvalue weighted by Crippen LogP contribution is 2.31. The van der Waals surface area contributed by atoms with Crippen molar-refractivity contribution in [3.05, 3.63) is 52.6 Å². The molecule has 0 aromatic heterocycles. The molecule has 174 valence electrons. The van der Waals surface area contributed by atoms with Crippen LogP contribution in [0.25, 0.3) is 0 Å². The number of sulfonamides is 1. The third kappa shape index (κ3) is 6.11. The number of nitrogens with one attached hydrogen (secondary N) is 1. The van der Waals surface area contributed by atoms with Crippen molar-refractivity contribution in [1.82, 2.24) is 4.31 Å². The first-order valence-corrected chi connectivity index (χ1v) is 10.8. The standard InChI is InChI=1S/C19H21F2N3O7S/c1-3-23(4-2)32(28,29)13-9-10-17(15(11-13)24(26)27)30-12-18(25)22-14-7-5-6-8-16(14)31-19(20)21/h5-11,19H,3-4,12H2,1-2H3,(H,22,25). The molecular formula is C19H21F2N3O7S. The van der Waals surface area contributed by atoms with E-state index in [0.29, 0.717) is 0 Å². The van der Waals surface area contributed by atoms with Crippen LogP contribution in [0.4, 0.5) is 20.2 Å². The van der Waals surface area contributed by atoms with Gasteiger partial charge in [-0.05, 0) is 24.3 Å². The van der Waals surface area contributed by atoms with Gasteiger partial charge in [-0.15, -0.1) is 0 Å². The number of carbonyl (C=O) groups excluding carboxylic acids is 1. The smallest absolute Gasteiger partial charge is 0.387 e. The van der Waals surface area contributed by atoms with Crippen LogP contribution >= 0.6 is 0 Å². The van der Waals surface area contributed by atoms with Gasteiger partial charge in [-0.3, -0.25) is 14.9 Å². The van der Waals surface area contributed by atoms with Gasteiger partial charge in [-0.25, -0.2) is 8.42 Å². The normalized spacial score (nSPS) is 11.4. The summed E-state index contributed by atoms with van der Waals surface area (Å²) in [5.41, 5.74) is -0.691. The van der Waals surface area contributed by atoms with E-state index in [9.17, 15) is 32.1 Å². The van der Waals surface area contributed by atoms with Crippen molar-refractivity contribution in [1.29, 1.82) is 0 Å². The number of ether oxygens (including phenoxy) is 2. The van der Waals surface area contributed by atoms with E-state index in [1.54, 1.807) is 13.8 Å². The van der Waals surface area contributed by atoms with Gasteiger partial charge in [0.1, 0.15) is 5.75 Å². The Morgan fingerprint density at radius 2 is 1.81 bits per heavy atom. The lowest BCUT2D eigenvalue weighted by atomic mass is 10.3. The van der Waals surface area contributed by atoms with Crippen molar-refractivity contribution < 1.29 is 36.4 Å². The SMILES string of the molecule is CCN(CC)S(=O)(=O)c1ccc(OCC(=O)Nc2ccccc2OC(F)F)c([N+](=O)[O-])c1. The number of para-hydroxylation sites is 2. The minimum atomic E-state index is -3.94. The maximum absolute atomic E-state index is 12.6. The molecule has 0 heterocycles. The van der Waals surface area contributed by atoms with Crippen molar-refractivity contribution in [2.45, 2.75) is 25.4 Å². The van der Waals surface area contributed by atoms with Crippen LogP contribution in [0.2, 0.25) is 0 Å². The number of nitro benzene ring substituents is 1. The predicted molar refractivity (Wildman–Crippen MR) is 110 cm³/mol. The second-order valence-electron chi connectivity index (χ2n) is 6.19. The lowest BCUT2D eigenvalue weighted by Crippen LogP contribution is -2.30. The Balaban J connectivity index is 2.18. The van der Waals surface area contributed by atoms with Gasteiger partial charge in [0.25, 0.3) is 5.91 Å². The zero-order valence-corrected chi connectivity index (χ0v) is 18.0. The third-order valence-electron chi connectivity index (χ3n) is 4.21. The van der Waals surface area contributed by atoms with Crippen molar-refractivity contribution in [3.8, 4) is 11.5 Å². The van der Waals surface area contributed by atoms with Crippen LogP contribution in [0.5, 0.6) is 11.5 Å². The number of carbonyl (C=O) groups is 1. The van der Waals surface area contributed by atoms with Crippen LogP contribution in [-0.4, -0.2) is 49.9 Å². The molecule has 0 aliphatic carbocycles. The van der Waals surface area contributed by atoms with Crippen molar-refractivity contribution >= 4 is 27.3 Å². The van der Waals surface area contributed by atoms with Gasteiger partial charge in [-0.1, -0.05) is 26.0 Å². The molecule has 2 rings (SSSR count). The largest absolute Gasteiger partial charge is 0.477 e. The van der Waals surface area contributed by atoms with E-state index in [4.69, 9.17) is 4.74 Å². The fourth-order valence-corrected chi connectivity index (χ4v) is 4.21. The van der Waals surface area contributed by atoms with Crippen molar-refractivity contribution in [2.24, 2.45) is 0 Å². The Morgan fingerprint density at radius 3 is 2.41 bits per heavy atom. The maximum atomic E-state index is 12.6. The Labute approximate surface area is 182 Å². The molecule has 0 aliphatic rings. The monoisotopic (exact) mass is 473 g/mol. The Bertz CT molecular complexity index is 1080. The van der Waals surface area contributed by atoms with Crippen LogP contribution in [0, 0.1) is 10.1 Å². The summed E-state index contributed by atoms with van der Waals surface area (Å²) in [6.45, 7) is -0.167. The fourth-order valence-electron chi connectivity index (χ4n) is 2.73. The van der Waals surface area contributed by atoms with E-state index in [-0.39, 0.29) is 35.2 Å². The Morgan fingerprint density at radius 1 is 1.16 bits per heavy atom. The van der Waals surface area contributed by atoms with Crippen LogP contribution in [-0.2, 0) is 14.8 Å². The molecule has 13 heteroatoms. The molecule has 0 radical (unpaired) electrons. The molecule has 1 amide bonds. The highest BCUT2D eigenvalue weighted by atomic mass is 32.2. The van der Waals surface area contributed by atoms with Gasteiger partial charge < -0.3 is 14.8 Å². The van der Waals surface area contributed by atoms with Crippen molar-refractivity contribution in [3.63, 3.8) is 0 Å². The van der Waals surface area contributed by atoms with E-state index < -0.39 is 39.8 Å². The summed E-state index contributed by atoms with van der Waals surface area (Å²) in [7, 11) is -3.94. The summed E-state index contributed by atoms with van der Waals surface area (Å²) in [4.78, 5) is 22.4. The number of hydrogen-bond donors (Lipinski definition) is 1. The average Bonchev–Trinajstić information content (AvgIpc) is 2.73. The molecule has 0 saturated heterocycles. The summed E-state index contributed by atoms with van der Waals surface area (Å²) in [5.74, 6) is -1.40. The zero-order chi connectivity index (χ0) is 23.9. The first kappa shape index (κ1) is 24.9. The van der Waals surface area contributed by atoms with E-state index in [1.165, 1.54) is 24.3 Å². The molecule has 0 unspecified atom stereocenters. The summed E-state index contributed by atoms with van der Waals surface area (Å²) < 4.78 is 60.7. The molecule has 0 saturated carbocycles. The second-order valence-corrected chi connectivity index (χ2v) is 8.13. The summed E-state index contributed by atoms with van der Waals surface area (Å²) in [6, 6.07) is 8.53. The van der Waals surface area contributed by atoms with Gasteiger partial charge in [0.05, 0.1) is 15.5 Å². The van der Waals surface area contributed by atoms with Gasteiger partial charge in [0.2, 0.25) is 10.0 Å². The average molecular weight is 473 g/mol. The molecular weight excluding hydrogens is 452 g/mol. The number of nitrogens with zero attached hydrogens (tertiary/aromatic N) is 2. The van der Waals surface area contributed by atoms with Gasteiger partial charge in [0, 0.05) is 19.2 Å². The predicted octanol–water partition coefficient (Wildman–Crippen LogP) is 3.24. The van der Waals surface area contributed by atoms with Gasteiger partial charge in [-0.2, -0.15) is 13.1 Å². The number of amides is 1. The summed E-state index contributed by atoms with van der Waals surface area (Å²) in [5, 5.41) is 13.7. The first-order chi connectivity index (χ1) is 15.1. The number of alkyl halides is 2. The molecule has 32 heavy (non-hydrogen) atoms. The number of hydrogen-bond acceptors (Lipinski definition) is 7. The minimum absolute atomic E-state index is 0.0448. The number of benzene rings is 2. The summed E-state index contributed by atoms with van der Waals surface area (Å²) >= 11 is 0. The fraction of sp³-hybridized carbons (Fsp3) is 0.316. The van der Waals surface area contributed by atoms with Crippen molar-refractivity contribution in [2.75, 3.05) is 25.0 Å². The molecule has 0 spiro atoms. The van der Waals surface area contributed by atoms with Gasteiger partial charge >= 0.3 is 12.3 Å². The van der Waals surface area contributed by atoms with E-state index >= 15 is 0 Å². The van der Waals surface area contributed by atoms with Crippen LogP contribution in [0.1, 0.15) is 13.8 Å². The number of halogens is 2. The minimum Gasteiger partial charge on any atom is -0.477 e. The molecule has 0 aliphatic heterocycles. The zero-order valence-electron chi connectivity index (χ0n) is 17.2. The maximum Gasteiger partial charge on any atom is 0.387 e. The molecule has 0 atom stereocenters. The van der Waals surface area contributed by atoms with Crippen LogP contribution < -0.4 is 14.8 Å². The molecule has 1 N–H and O–H groups in total. The Kier molecular flexibility index (Phi) is 8.43. The molecule has 2 aromatic rings. The van der Waals surface area contributed by atoms with Gasteiger partial charge in [0.15, 0.2) is 12.4 Å². The second kappa shape index (κ2) is 10.8.